The van der Waals surface area contributed by atoms with Gasteiger partial charge in [-0.2, -0.15) is 0 Å². The largest absolute Gasteiger partial charge is 0.465 e. The van der Waals surface area contributed by atoms with E-state index in [9.17, 15) is 19.5 Å². The molecule has 3 amide bonds. The van der Waals surface area contributed by atoms with Gasteiger partial charge in [0.1, 0.15) is 0 Å². The number of hydrogen-bond acceptors (Lipinski definition) is 4. The van der Waals surface area contributed by atoms with Crippen LogP contribution in [0.15, 0.2) is 48.8 Å². The number of aromatic nitrogens is 1. The van der Waals surface area contributed by atoms with E-state index < -0.39 is 29.5 Å². The maximum Gasteiger partial charge on any atom is 0.408 e. The molecule has 0 unspecified atom stereocenters. The van der Waals surface area contributed by atoms with Gasteiger partial charge in [0.15, 0.2) is 0 Å². The van der Waals surface area contributed by atoms with Gasteiger partial charge < -0.3 is 5.11 Å². The van der Waals surface area contributed by atoms with E-state index in [2.05, 4.69) is 4.98 Å². The first-order chi connectivity index (χ1) is 12.7. The van der Waals surface area contributed by atoms with Crippen LogP contribution in [0.4, 0.5) is 4.79 Å². The van der Waals surface area contributed by atoms with Crippen LogP contribution in [0.2, 0.25) is 0 Å². The number of carbonyl (C=O) groups is 3. The fourth-order valence-corrected chi connectivity index (χ4v) is 3.37. The molecule has 1 atom stereocenters. The van der Waals surface area contributed by atoms with Crippen molar-refractivity contribution in [3.05, 3.63) is 65.5 Å². The highest BCUT2D eigenvalue weighted by Gasteiger charge is 2.41. The summed E-state index contributed by atoms with van der Waals surface area (Å²) in [5.41, 5.74) is 0.548. The standard InChI is InChI=1S/C20H21N3O4/c1-20(2,3)23(19(26)27)16(13-7-6-10-21-11-13)12-22-17(24)14-8-4-5-9-15(14)18(22)25/h4-11,16H,12H2,1-3H3,(H,26,27)/t16-/m1/s1. The molecule has 1 N–H and O–H groups in total. The maximum atomic E-state index is 12.7. The summed E-state index contributed by atoms with van der Waals surface area (Å²) in [6.45, 7) is 5.23. The number of benzene rings is 1. The molecule has 0 radical (unpaired) electrons. The molecular formula is C20H21N3O4. The minimum absolute atomic E-state index is 0.0817. The average molecular weight is 367 g/mol. The van der Waals surface area contributed by atoms with E-state index in [1.54, 1.807) is 69.6 Å². The second-order valence-corrected chi connectivity index (χ2v) is 7.39. The van der Waals surface area contributed by atoms with Gasteiger partial charge in [-0.1, -0.05) is 18.2 Å². The first-order valence-electron chi connectivity index (χ1n) is 8.59. The second kappa shape index (κ2) is 6.83. The fourth-order valence-electron chi connectivity index (χ4n) is 3.37. The summed E-state index contributed by atoms with van der Waals surface area (Å²) in [7, 11) is 0. The first-order valence-corrected chi connectivity index (χ1v) is 8.59. The first kappa shape index (κ1) is 18.6. The lowest BCUT2D eigenvalue weighted by Crippen LogP contribution is -2.51. The highest BCUT2D eigenvalue weighted by atomic mass is 16.4. The van der Waals surface area contributed by atoms with Crippen molar-refractivity contribution in [1.82, 2.24) is 14.8 Å². The van der Waals surface area contributed by atoms with E-state index in [-0.39, 0.29) is 6.54 Å². The SMILES string of the molecule is CC(C)(C)N(C(=O)O)[C@H](CN1C(=O)c2ccccc2C1=O)c1cccnc1. The maximum absolute atomic E-state index is 12.7. The van der Waals surface area contributed by atoms with Crippen molar-refractivity contribution in [2.24, 2.45) is 0 Å². The van der Waals surface area contributed by atoms with E-state index in [1.807, 2.05) is 0 Å². The molecule has 3 rings (SSSR count). The molecule has 0 spiro atoms. The van der Waals surface area contributed by atoms with Crippen LogP contribution in [0.5, 0.6) is 0 Å². The molecule has 7 nitrogen and oxygen atoms in total. The quantitative estimate of drug-likeness (QED) is 0.838. The highest BCUT2D eigenvalue weighted by molar-refractivity contribution is 6.21. The molecule has 2 heterocycles. The minimum Gasteiger partial charge on any atom is -0.465 e. The summed E-state index contributed by atoms with van der Waals surface area (Å²) in [4.78, 5) is 44.0. The number of amides is 3. The third-order valence-corrected chi connectivity index (χ3v) is 4.54. The van der Waals surface area contributed by atoms with E-state index in [1.165, 1.54) is 4.90 Å². The molecule has 0 bridgehead atoms. The molecule has 140 valence electrons. The van der Waals surface area contributed by atoms with Gasteiger partial charge in [0.05, 0.1) is 23.7 Å². The van der Waals surface area contributed by atoms with Gasteiger partial charge >= 0.3 is 6.09 Å². The van der Waals surface area contributed by atoms with Crippen LogP contribution in [0.25, 0.3) is 0 Å². The molecule has 1 aromatic carbocycles. The molecular weight excluding hydrogens is 346 g/mol. The van der Waals surface area contributed by atoms with Gasteiger partial charge in [0.25, 0.3) is 11.8 Å². The number of fused-ring (bicyclic) bond motifs is 1. The van der Waals surface area contributed by atoms with Crippen LogP contribution < -0.4 is 0 Å². The van der Waals surface area contributed by atoms with Crippen molar-refractivity contribution < 1.29 is 19.5 Å². The third-order valence-electron chi connectivity index (χ3n) is 4.54. The normalized spacial score (nSPS) is 14.9. The zero-order valence-electron chi connectivity index (χ0n) is 15.4. The van der Waals surface area contributed by atoms with Gasteiger partial charge in [0.2, 0.25) is 0 Å². The zero-order chi connectivity index (χ0) is 19.8. The lowest BCUT2D eigenvalue weighted by Gasteiger charge is -2.40. The van der Waals surface area contributed by atoms with Crippen LogP contribution in [-0.4, -0.2) is 49.9 Å². The van der Waals surface area contributed by atoms with Gasteiger partial charge in [-0.25, -0.2) is 4.79 Å². The Morgan fingerprint density at radius 1 is 1.11 bits per heavy atom. The molecule has 1 aliphatic heterocycles. The molecule has 1 aromatic heterocycles. The monoisotopic (exact) mass is 367 g/mol. The van der Waals surface area contributed by atoms with Gasteiger partial charge in [0, 0.05) is 17.9 Å². The van der Waals surface area contributed by atoms with Crippen LogP contribution in [0.1, 0.15) is 53.1 Å². The lowest BCUT2D eigenvalue weighted by atomic mass is 9.99. The number of carboxylic acid groups (broad SMARTS) is 1. The van der Waals surface area contributed by atoms with Gasteiger partial charge in [-0.05, 0) is 44.5 Å². The molecule has 0 saturated carbocycles. The average Bonchev–Trinajstić information content (AvgIpc) is 2.85. The van der Waals surface area contributed by atoms with Crippen LogP contribution in [0, 0.1) is 0 Å². The van der Waals surface area contributed by atoms with E-state index in [0.717, 1.165) is 4.90 Å². The number of hydrogen-bond donors (Lipinski definition) is 1. The topological polar surface area (TPSA) is 90.8 Å². The Balaban J connectivity index is 2.02. The Morgan fingerprint density at radius 2 is 1.70 bits per heavy atom. The molecule has 1 aliphatic rings. The summed E-state index contributed by atoms with van der Waals surface area (Å²) < 4.78 is 0. The van der Waals surface area contributed by atoms with Crippen molar-refractivity contribution in [2.75, 3.05) is 6.54 Å². The molecule has 7 heteroatoms. The second-order valence-electron chi connectivity index (χ2n) is 7.39. The van der Waals surface area contributed by atoms with Crippen molar-refractivity contribution in [3.63, 3.8) is 0 Å². The van der Waals surface area contributed by atoms with Crippen molar-refractivity contribution in [1.29, 1.82) is 0 Å². The fraction of sp³-hybridized carbons (Fsp3) is 0.300. The molecule has 0 aliphatic carbocycles. The summed E-state index contributed by atoms with van der Waals surface area (Å²) in [6, 6.07) is 9.32. The summed E-state index contributed by atoms with van der Waals surface area (Å²) >= 11 is 0. The van der Waals surface area contributed by atoms with Crippen molar-refractivity contribution >= 4 is 17.9 Å². The number of nitrogens with zero attached hydrogens (tertiary/aromatic N) is 3. The van der Waals surface area contributed by atoms with E-state index in [0.29, 0.717) is 16.7 Å². The van der Waals surface area contributed by atoms with Gasteiger partial charge in [-0.3, -0.25) is 24.4 Å². The van der Waals surface area contributed by atoms with Crippen LogP contribution in [0.3, 0.4) is 0 Å². The van der Waals surface area contributed by atoms with Gasteiger partial charge in [-0.15, -0.1) is 0 Å². The predicted molar refractivity (Wildman–Crippen MR) is 98.4 cm³/mol. The Morgan fingerprint density at radius 3 is 2.15 bits per heavy atom. The summed E-state index contributed by atoms with van der Waals surface area (Å²) in [5.74, 6) is -0.826. The minimum atomic E-state index is -1.13. The predicted octanol–water partition coefficient (Wildman–Crippen LogP) is 3.20. The van der Waals surface area contributed by atoms with E-state index in [4.69, 9.17) is 0 Å². The Kier molecular flexibility index (Phi) is 4.70. The molecule has 0 fully saturated rings. The molecule has 2 aromatic rings. The van der Waals surface area contributed by atoms with E-state index >= 15 is 0 Å². The van der Waals surface area contributed by atoms with Crippen LogP contribution >= 0.6 is 0 Å². The summed E-state index contributed by atoms with van der Waals surface area (Å²) in [5, 5.41) is 9.84. The number of pyridine rings is 1. The smallest absolute Gasteiger partial charge is 0.408 e. The lowest BCUT2D eigenvalue weighted by molar-refractivity contribution is 0.0427. The van der Waals surface area contributed by atoms with Crippen LogP contribution in [-0.2, 0) is 0 Å². The number of imide groups is 1. The van der Waals surface area contributed by atoms with Crippen molar-refractivity contribution in [2.45, 2.75) is 32.4 Å². The number of rotatable bonds is 4. The Hall–Kier alpha value is -3.22. The Bertz CT molecular complexity index is 855. The zero-order valence-corrected chi connectivity index (χ0v) is 15.4. The molecule has 0 saturated heterocycles. The molecule has 27 heavy (non-hydrogen) atoms. The number of carbonyl (C=O) groups excluding carboxylic acids is 2. The highest BCUT2D eigenvalue weighted by Crippen LogP contribution is 2.32. The summed E-state index contributed by atoms with van der Waals surface area (Å²) in [6.07, 6.45) is 2.02. The van der Waals surface area contributed by atoms with Crippen molar-refractivity contribution in [3.8, 4) is 0 Å². The third kappa shape index (κ3) is 3.40. The Labute approximate surface area is 157 Å².